The molecule has 2 aromatic rings. The van der Waals surface area contributed by atoms with Crippen LogP contribution in [-0.4, -0.2) is 24.6 Å². The van der Waals surface area contributed by atoms with Gasteiger partial charge in [0.2, 0.25) is 6.10 Å². The molecule has 1 atom stereocenters. The van der Waals surface area contributed by atoms with E-state index in [-0.39, 0.29) is 6.42 Å². The highest BCUT2D eigenvalue weighted by molar-refractivity contribution is 5.87. The van der Waals surface area contributed by atoms with Crippen LogP contribution in [-0.2, 0) is 25.5 Å². The maximum atomic E-state index is 11.9. The fraction of sp³-hybridized carbons (Fsp3) is 0.333. The molecule has 1 aliphatic heterocycles. The van der Waals surface area contributed by atoms with Crippen LogP contribution in [0.5, 0.6) is 0 Å². The maximum Gasteiger partial charge on any atom is 0.347 e. The predicted molar refractivity (Wildman–Crippen MR) is 70.1 cm³/mol. The Morgan fingerprint density at radius 3 is 3.05 bits per heavy atom. The van der Waals surface area contributed by atoms with Crippen molar-refractivity contribution in [1.29, 1.82) is 0 Å². The van der Waals surface area contributed by atoms with E-state index in [0.29, 0.717) is 13.0 Å². The zero-order chi connectivity index (χ0) is 14.1. The number of hydrogen-bond acceptors (Lipinski definition) is 5. The minimum absolute atomic E-state index is 0.0832. The zero-order valence-corrected chi connectivity index (χ0v) is 11.0. The number of benzene rings is 1. The van der Waals surface area contributed by atoms with E-state index in [9.17, 15) is 9.59 Å². The van der Waals surface area contributed by atoms with Gasteiger partial charge in [-0.3, -0.25) is 4.79 Å². The van der Waals surface area contributed by atoms with E-state index in [4.69, 9.17) is 13.9 Å². The molecule has 0 bridgehead atoms. The summed E-state index contributed by atoms with van der Waals surface area (Å²) >= 11 is 0. The molecule has 1 aromatic heterocycles. The van der Waals surface area contributed by atoms with Gasteiger partial charge in [0.25, 0.3) is 0 Å². The van der Waals surface area contributed by atoms with E-state index in [1.54, 1.807) is 6.26 Å². The first-order valence-corrected chi connectivity index (χ1v) is 6.46. The van der Waals surface area contributed by atoms with Gasteiger partial charge in [-0.15, -0.1) is 0 Å². The Morgan fingerprint density at radius 2 is 2.30 bits per heavy atom. The lowest BCUT2D eigenvalue weighted by Crippen LogP contribution is -2.23. The summed E-state index contributed by atoms with van der Waals surface area (Å²) in [5.74, 6) is -0.914. The summed E-state index contributed by atoms with van der Waals surface area (Å²) < 4.78 is 15.3. The van der Waals surface area contributed by atoms with Crippen molar-refractivity contribution in [2.75, 3.05) is 6.61 Å². The third kappa shape index (κ3) is 2.39. The predicted octanol–water partition coefficient (Wildman–Crippen LogP) is 2.14. The van der Waals surface area contributed by atoms with Crippen LogP contribution in [0.25, 0.3) is 11.0 Å². The smallest absolute Gasteiger partial charge is 0.347 e. The van der Waals surface area contributed by atoms with E-state index in [1.807, 2.05) is 25.1 Å². The molecule has 0 spiro atoms. The fourth-order valence-electron chi connectivity index (χ4n) is 2.27. The number of carbonyl (C=O) groups is 2. The summed E-state index contributed by atoms with van der Waals surface area (Å²) in [7, 11) is 0. The molecule has 0 radical (unpaired) electrons. The normalized spacial score (nSPS) is 18.2. The van der Waals surface area contributed by atoms with Crippen molar-refractivity contribution in [3.05, 3.63) is 35.6 Å². The summed E-state index contributed by atoms with van der Waals surface area (Å²) in [4.78, 5) is 23.1. The van der Waals surface area contributed by atoms with Gasteiger partial charge in [0, 0.05) is 17.4 Å². The Balaban J connectivity index is 1.72. The molecule has 104 valence electrons. The largest absolute Gasteiger partial charge is 0.464 e. The number of fused-ring (bicyclic) bond motifs is 1. The summed E-state index contributed by atoms with van der Waals surface area (Å²) in [5.41, 5.74) is 2.60. The lowest BCUT2D eigenvalue weighted by molar-refractivity contribution is -0.159. The number of furan rings is 1. The molecule has 0 amide bonds. The van der Waals surface area contributed by atoms with Crippen molar-refractivity contribution in [3.63, 3.8) is 0 Å². The second-order valence-corrected chi connectivity index (χ2v) is 4.87. The standard InChI is InChI=1S/C15H14O5/c1-9-2-3-11-10(8-19-13(11)6-9)7-14(16)20-12-4-5-18-15(12)17/h2-3,6,8,12H,4-5,7H2,1H3/t12-/m1/s1. The number of carbonyl (C=O) groups excluding carboxylic acids is 2. The molecule has 20 heavy (non-hydrogen) atoms. The first-order chi connectivity index (χ1) is 9.63. The number of ether oxygens (including phenoxy) is 2. The Morgan fingerprint density at radius 1 is 1.45 bits per heavy atom. The highest BCUT2D eigenvalue weighted by atomic mass is 16.6. The van der Waals surface area contributed by atoms with Crippen LogP contribution in [0.15, 0.2) is 28.9 Å². The molecule has 1 fully saturated rings. The van der Waals surface area contributed by atoms with Gasteiger partial charge in [-0.2, -0.15) is 0 Å². The molecule has 0 unspecified atom stereocenters. The monoisotopic (exact) mass is 274 g/mol. The molecule has 3 rings (SSSR count). The lowest BCUT2D eigenvalue weighted by atomic mass is 10.1. The molecule has 5 heteroatoms. The highest BCUT2D eigenvalue weighted by Gasteiger charge is 2.30. The van der Waals surface area contributed by atoms with Crippen molar-refractivity contribution in [3.8, 4) is 0 Å². The molecule has 0 saturated carbocycles. The molecular formula is C15H14O5. The van der Waals surface area contributed by atoms with E-state index < -0.39 is 18.0 Å². The summed E-state index contributed by atoms with van der Waals surface area (Å²) in [6.07, 6.45) is 1.30. The van der Waals surface area contributed by atoms with E-state index in [1.165, 1.54) is 0 Å². The molecule has 1 saturated heterocycles. The average Bonchev–Trinajstić information content (AvgIpc) is 2.97. The molecule has 2 heterocycles. The van der Waals surface area contributed by atoms with Gasteiger partial charge >= 0.3 is 11.9 Å². The van der Waals surface area contributed by atoms with Crippen LogP contribution >= 0.6 is 0 Å². The Hall–Kier alpha value is -2.30. The van der Waals surface area contributed by atoms with Gasteiger partial charge in [-0.1, -0.05) is 12.1 Å². The van der Waals surface area contributed by atoms with Gasteiger partial charge in [0.1, 0.15) is 5.58 Å². The van der Waals surface area contributed by atoms with Crippen molar-refractivity contribution in [2.24, 2.45) is 0 Å². The molecule has 0 N–H and O–H groups in total. The van der Waals surface area contributed by atoms with E-state index >= 15 is 0 Å². The van der Waals surface area contributed by atoms with Crippen LogP contribution < -0.4 is 0 Å². The quantitative estimate of drug-likeness (QED) is 0.802. The van der Waals surface area contributed by atoms with Crippen LogP contribution in [0.1, 0.15) is 17.5 Å². The van der Waals surface area contributed by atoms with Crippen molar-refractivity contribution >= 4 is 22.9 Å². The average molecular weight is 274 g/mol. The van der Waals surface area contributed by atoms with Gasteiger partial charge in [0.15, 0.2) is 0 Å². The third-order valence-electron chi connectivity index (χ3n) is 3.31. The number of aryl methyl sites for hydroxylation is 1. The first-order valence-electron chi connectivity index (χ1n) is 6.46. The topological polar surface area (TPSA) is 65.7 Å². The van der Waals surface area contributed by atoms with Gasteiger partial charge in [-0.25, -0.2) is 4.79 Å². The van der Waals surface area contributed by atoms with Crippen LogP contribution in [0.4, 0.5) is 0 Å². The maximum absolute atomic E-state index is 11.9. The van der Waals surface area contributed by atoms with Gasteiger partial charge < -0.3 is 13.9 Å². The Bertz CT molecular complexity index is 670. The number of cyclic esters (lactones) is 1. The van der Waals surface area contributed by atoms with E-state index in [2.05, 4.69) is 0 Å². The van der Waals surface area contributed by atoms with Crippen LogP contribution in [0.3, 0.4) is 0 Å². The first kappa shape index (κ1) is 12.7. The molecule has 1 aromatic carbocycles. The molecule has 5 nitrogen and oxygen atoms in total. The third-order valence-corrected chi connectivity index (χ3v) is 3.31. The van der Waals surface area contributed by atoms with Crippen molar-refractivity contribution in [1.82, 2.24) is 0 Å². The minimum atomic E-state index is -0.761. The molecule has 1 aliphatic rings. The summed E-state index contributed by atoms with van der Waals surface area (Å²) in [5, 5.41) is 0.890. The number of rotatable bonds is 3. The second-order valence-electron chi connectivity index (χ2n) is 4.87. The van der Waals surface area contributed by atoms with Gasteiger partial charge in [-0.05, 0) is 18.6 Å². The van der Waals surface area contributed by atoms with Crippen molar-refractivity contribution in [2.45, 2.75) is 25.9 Å². The second kappa shape index (κ2) is 5.00. The molecular weight excluding hydrogens is 260 g/mol. The minimum Gasteiger partial charge on any atom is -0.464 e. The fourth-order valence-corrected chi connectivity index (χ4v) is 2.27. The summed E-state index contributed by atoms with van der Waals surface area (Å²) in [6, 6.07) is 5.79. The zero-order valence-electron chi connectivity index (χ0n) is 11.0. The van der Waals surface area contributed by atoms with E-state index in [0.717, 1.165) is 22.1 Å². The SMILES string of the molecule is Cc1ccc2c(CC(=O)O[C@@H]3CCOC3=O)coc2c1. The molecule has 0 aliphatic carbocycles. The Kier molecular flexibility index (Phi) is 3.18. The Labute approximate surface area is 115 Å². The van der Waals surface area contributed by atoms with Crippen LogP contribution in [0, 0.1) is 6.92 Å². The number of hydrogen-bond donors (Lipinski definition) is 0. The number of esters is 2. The lowest BCUT2D eigenvalue weighted by Gasteiger charge is -2.07. The summed E-state index contributed by atoms with van der Waals surface area (Å²) in [6.45, 7) is 2.28. The van der Waals surface area contributed by atoms with Gasteiger partial charge in [0.05, 0.1) is 19.3 Å². The van der Waals surface area contributed by atoms with Crippen molar-refractivity contribution < 1.29 is 23.5 Å². The highest BCUT2D eigenvalue weighted by Crippen LogP contribution is 2.23. The van der Waals surface area contributed by atoms with Crippen LogP contribution in [0.2, 0.25) is 0 Å².